The van der Waals surface area contributed by atoms with Crippen molar-refractivity contribution < 1.29 is 43.0 Å². The summed E-state index contributed by atoms with van der Waals surface area (Å²) in [7, 11) is 2.54. The number of fused-ring (bicyclic) bond motifs is 22. The first-order valence-electron chi connectivity index (χ1n) is 14.6. The maximum absolute atomic E-state index is 14.0. The van der Waals surface area contributed by atoms with Crippen molar-refractivity contribution in [2.24, 2.45) is 82.5 Å². The standard InChI is InChI=1S/C28H34N4O9/c1-39-25(37)27-17-9-7-11(15-13(9)21(33)31(5-3-29)23(15)35)19(17)28(41-27,26(38)40-2)20-12-8-10(18(20)27)14-16(12)24(36)32(6-4-30)22(14)34/h9-20H,3-8,29-30H2,1-2H3/t9-,10+,11+,12-,13-,14+,15+,16-,17-,18+,19+,20-,27?,28?. The highest BCUT2D eigenvalue weighted by molar-refractivity contribution is 6.08. The highest BCUT2D eigenvalue weighted by atomic mass is 16.6. The van der Waals surface area contributed by atoms with Crippen molar-refractivity contribution in [3.8, 4) is 0 Å². The zero-order valence-corrected chi connectivity index (χ0v) is 22.9. The number of carbonyl (C=O) groups excluding carboxylic acids is 6. The molecule has 0 aromatic heterocycles. The fourth-order valence-electron chi connectivity index (χ4n) is 12.1. The molecule has 6 bridgehead atoms. The molecule has 4 N–H and O–H groups in total. The Bertz CT molecular complexity index is 1170. The van der Waals surface area contributed by atoms with E-state index in [2.05, 4.69) is 0 Å². The Morgan fingerprint density at radius 1 is 0.683 bits per heavy atom. The van der Waals surface area contributed by atoms with Gasteiger partial charge in [0.1, 0.15) is 0 Å². The van der Waals surface area contributed by atoms with E-state index in [1.165, 1.54) is 24.0 Å². The van der Waals surface area contributed by atoms with Crippen LogP contribution in [0.25, 0.3) is 0 Å². The second-order valence-electron chi connectivity index (χ2n) is 13.2. The summed E-state index contributed by atoms with van der Waals surface area (Å²) in [6.45, 7) is 0.505. The first-order chi connectivity index (χ1) is 19.7. The Morgan fingerprint density at radius 3 is 1.22 bits per heavy atom. The highest BCUT2D eigenvalue weighted by Crippen LogP contribution is 2.83. The van der Waals surface area contributed by atoms with Crippen molar-refractivity contribution >= 4 is 35.6 Å². The number of carbonyl (C=O) groups is 6. The van der Waals surface area contributed by atoms with Crippen molar-refractivity contribution in [3.05, 3.63) is 0 Å². The summed E-state index contributed by atoms with van der Waals surface area (Å²) in [6.07, 6.45) is 1.01. The SMILES string of the molecule is COC(=O)C12OC(C(=O)OC)([C@@H]3[C@@H]4C[C@@H]([C@@H]5C(=O)N(CCN)C(=O)[C@H]45)[C@@H]31)[C@H]1[C@H]3C[C@H]([C@H]4C(=O)N(CCN)C(=O)[C@@H]34)[C@H]12. The van der Waals surface area contributed by atoms with E-state index >= 15 is 0 Å². The predicted molar refractivity (Wildman–Crippen MR) is 133 cm³/mol. The molecule has 0 spiro atoms. The number of rotatable bonds is 6. The van der Waals surface area contributed by atoms with Gasteiger partial charge in [0, 0.05) is 49.9 Å². The van der Waals surface area contributed by atoms with Gasteiger partial charge in [-0.15, -0.1) is 0 Å². The maximum Gasteiger partial charge on any atom is 0.338 e. The van der Waals surface area contributed by atoms with Gasteiger partial charge in [-0.3, -0.25) is 29.0 Å². The van der Waals surface area contributed by atoms with Gasteiger partial charge in [0.05, 0.1) is 37.9 Å². The lowest BCUT2D eigenvalue weighted by atomic mass is 9.47. The number of amides is 4. The molecule has 220 valence electrons. The van der Waals surface area contributed by atoms with Crippen molar-refractivity contribution in [2.75, 3.05) is 40.4 Å². The zero-order valence-electron chi connectivity index (χ0n) is 22.9. The molecule has 8 rings (SSSR count). The number of imide groups is 2. The van der Waals surface area contributed by atoms with E-state index in [0.29, 0.717) is 12.8 Å². The van der Waals surface area contributed by atoms with E-state index in [1.807, 2.05) is 0 Å². The van der Waals surface area contributed by atoms with Crippen molar-refractivity contribution in [3.63, 3.8) is 0 Å². The van der Waals surface area contributed by atoms with Crippen LogP contribution in [0.5, 0.6) is 0 Å². The van der Waals surface area contributed by atoms with Crippen molar-refractivity contribution in [1.82, 2.24) is 9.80 Å². The summed E-state index contributed by atoms with van der Waals surface area (Å²) in [6, 6.07) is 0. The average Bonchev–Trinajstić information content (AvgIpc) is 3.82. The highest BCUT2D eigenvalue weighted by Gasteiger charge is 2.93. The molecule has 4 aliphatic heterocycles. The van der Waals surface area contributed by atoms with E-state index in [0.717, 1.165) is 0 Å². The molecule has 4 aliphatic carbocycles. The van der Waals surface area contributed by atoms with Gasteiger partial charge in [0.25, 0.3) is 0 Å². The molecule has 4 amide bonds. The zero-order chi connectivity index (χ0) is 28.9. The van der Waals surface area contributed by atoms with E-state index in [9.17, 15) is 28.8 Å². The lowest BCUT2D eigenvalue weighted by Gasteiger charge is -2.51. The molecule has 0 aromatic carbocycles. The molecule has 13 heteroatoms. The number of likely N-dealkylation sites (tertiary alicyclic amines) is 2. The number of nitrogens with two attached hydrogens (primary N) is 2. The normalized spacial score (nSPS) is 51.0. The lowest BCUT2D eigenvalue weighted by molar-refractivity contribution is -0.188. The summed E-state index contributed by atoms with van der Waals surface area (Å²) in [5.74, 6) is -8.73. The van der Waals surface area contributed by atoms with Crippen molar-refractivity contribution in [1.29, 1.82) is 0 Å². The largest absolute Gasteiger partial charge is 0.467 e. The molecular formula is C28H34N4O9. The van der Waals surface area contributed by atoms with E-state index < -0.39 is 70.5 Å². The van der Waals surface area contributed by atoms with Crippen LogP contribution in [0.4, 0.5) is 0 Å². The summed E-state index contributed by atoms with van der Waals surface area (Å²) in [4.78, 5) is 84.8. The third kappa shape index (κ3) is 2.43. The van der Waals surface area contributed by atoms with Crippen LogP contribution in [-0.2, 0) is 43.0 Å². The van der Waals surface area contributed by atoms with Crippen LogP contribution in [0.2, 0.25) is 0 Å². The molecule has 8 fully saturated rings. The predicted octanol–water partition coefficient (Wildman–Crippen LogP) is -2.26. The molecule has 2 unspecified atom stereocenters. The van der Waals surface area contributed by atoms with E-state index in [-0.39, 0.29) is 73.5 Å². The molecule has 4 saturated heterocycles. The van der Waals surface area contributed by atoms with Crippen LogP contribution in [0.15, 0.2) is 0 Å². The molecule has 0 radical (unpaired) electrons. The Labute approximate surface area is 235 Å². The van der Waals surface area contributed by atoms with Crippen LogP contribution in [0.3, 0.4) is 0 Å². The fourth-order valence-corrected chi connectivity index (χ4v) is 12.1. The fraction of sp³-hybridized carbons (Fsp3) is 0.786. The maximum atomic E-state index is 14.0. The first kappa shape index (κ1) is 25.8. The quantitative estimate of drug-likeness (QED) is 0.259. The topological polar surface area (TPSA) is 189 Å². The summed E-state index contributed by atoms with van der Waals surface area (Å²) < 4.78 is 17.6. The van der Waals surface area contributed by atoms with Crippen LogP contribution in [0.1, 0.15) is 12.8 Å². The van der Waals surface area contributed by atoms with Gasteiger partial charge < -0.3 is 25.7 Å². The van der Waals surface area contributed by atoms with Gasteiger partial charge >= 0.3 is 11.9 Å². The number of ether oxygens (including phenoxy) is 3. The number of nitrogens with zero attached hydrogens (tertiary/aromatic N) is 2. The summed E-state index contributed by atoms with van der Waals surface area (Å²) >= 11 is 0. The van der Waals surface area contributed by atoms with Gasteiger partial charge in [-0.2, -0.15) is 0 Å². The smallest absolute Gasteiger partial charge is 0.338 e. The van der Waals surface area contributed by atoms with Gasteiger partial charge in [0.15, 0.2) is 11.2 Å². The third-order valence-corrected chi connectivity index (χ3v) is 12.6. The third-order valence-electron chi connectivity index (χ3n) is 12.6. The first-order valence-corrected chi connectivity index (χ1v) is 14.6. The number of methoxy groups -OCH3 is 2. The molecule has 4 saturated carbocycles. The minimum Gasteiger partial charge on any atom is -0.467 e. The summed E-state index contributed by atoms with van der Waals surface area (Å²) in [5, 5.41) is 0. The van der Waals surface area contributed by atoms with Crippen LogP contribution < -0.4 is 11.5 Å². The average molecular weight is 571 g/mol. The Balaban J connectivity index is 1.30. The van der Waals surface area contributed by atoms with Crippen LogP contribution >= 0.6 is 0 Å². The summed E-state index contributed by atoms with van der Waals surface area (Å²) in [5.41, 5.74) is 8.24. The Kier molecular flexibility index (Phi) is 4.98. The molecule has 13 nitrogen and oxygen atoms in total. The van der Waals surface area contributed by atoms with Gasteiger partial charge in [0.2, 0.25) is 23.6 Å². The van der Waals surface area contributed by atoms with E-state index in [1.54, 1.807) is 0 Å². The van der Waals surface area contributed by atoms with Crippen LogP contribution in [-0.4, -0.2) is 97.0 Å². The second kappa shape index (κ2) is 7.93. The van der Waals surface area contributed by atoms with Crippen molar-refractivity contribution in [2.45, 2.75) is 24.0 Å². The monoisotopic (exact) mass is 570 g/mol. The van der Waals surface area contributed by atoms with E-state index in [4.69, 9.17) is 25.7 Å². The lowest BCUT2D eigenvalue weighted by Crippen LogP contribution is -2.64. The number of hydrogen-bond donors (Lipinski definition) is 2. The minimum atomic E-state index is -1.59. The molecule has 4 heterocycles. The van der Waals surface area contributed by atoms with Gasteiger partial charge in [-0.1, -0.05) is 0 Å². The van der Waals surface area contributed by atoms with Gasteiger partial charge in [-0.25, -0.2) is 9.59 Å². The molecule has 41 heavy (non-hydrogen) atoms. The Hall–Kier alpha value is -2.90. The number of esters is 2. The Morgan fingerprint density at radius 2 is 0.976 bits per heavy atom. The molecule has 14 atom stereocenters. The number of hydrogen-bond acceptors (Lipinski definition) is 11. The molecular weight excluding hydrogens is 536 g/mol. The molecule has 8 aliphatic rings. The minimum absolute atomic E-state index is 0.114. The van der Waals surface area contributed by atoms with Gasteiger partial charge in [-0.05, 0) is 36.5 Å². The molecule has 0 aromatic rings. The van der Waals surface area contributed by atoms with Crippen LogP contribution in [0, 0.1) is 71.0 Å². The second-order valence-corrected chi connectivity index (χ2v) is 13.2.